The lowest BCUT2D eigenvalue weighted by atomic mass is 10.1. The van der Waals surface area contributed by atoms with Gasteiger partial charge in [0.15, 0.2) is 0 Å². The molecule has 0 heterocycles. The number of aromatic hydroxyl groups is 1. The van der Waals surface area contributed by atoms with Crippen molar-refractivity contribution >= 4 is 15.9 Å². The minimum Gasteiger partial charge on any atom is -0.508 e. The van der Waals surface area contributed by atoms with Crippen molar-refractivity contribution in [2.75, 3.05) is 7.05 Å². The normalized spacial score (nSPS) is 10.8. The van der Waals surface area contributed by atoms with Crippen molar-refractivity contribution in [3.05, 3.63) is 64.1 Å². The van der Waals surface area contributed by atoms with Crippen LogP contribution in [0.4, 0.5) is 0 Å². The van der Waals surface area contributed by atoms with Crippen molar-refractivity contribution in [2.24, 2.45) is 0 Å². The zero-order chi connectivity index (χ0) is 13.0. The third-order valence-corrected chi connectivity index (χ3v) is 3.60. The second-order valence-electron chi connectivity index (χ2n) is 4.39. The molecule has 0 radical (unpaired) electrons. The SMILES string of the molecule is CN(Cc1ccccc1O)Cc1ccccc1Br. The van der Waals surface area contributed by atoms with Crippen molar-refractivity contribution in [3.63, 3.8) is 0 Å². The van der Waals surface area contributed by atoms with Crippen molar-refractivity contribution in [3.8, 4) is 5.75 Å². The molecule has 0 atom stereocenters. The van der Waals surface area contributed by atoms with Crippen LogP contribution in [-0.2, 0) is 13.1 Å². The number of nitrogens with zero attached hydrogens (tertiary/aromatic N) is 1. The molecular formula is C15H16BrNO. The smallest absolute Gasteiger partial charge is 0.120 e. The first-order valence-corrected chi connectivity index (χ1v) is 6.65. The second-order valence-corrected chi connectivity index (χ2v) is 5.25. The molecule has 2 nitrogen and oxygen atoms in total. The van der Waals surface area contributed by atoms with Gasteiger partial charge in [-0.2, -0.15) is 0 Å². The van der Waals surface area contributed by atoms with Gasteiger partial charge < -0.3 is 5.11 Å². The van der Waals surface area contributed by atoms with E-state index in [-0.39, 0.29) is 0 Å². The summed E-state index contributed by atoms with van der Waals surface area (Å²) in [6, 6.07) is 15.7. The fourth-order valence-electron chi connectivity index (χ4n) is 1.91. The predicted molar refractivity (Wildman–Crippen MR) is 77.4 cm³/mol. The number of hydrogen-bond acceptors (Lipinski definition) is 2. The zero-order valence-corrected chi connectivity index (χ0v) is 11.9. The van der Waals surface area contributed by atoms with Crippen molar-refractivity contribution in [2.45, 2.75) is 13.1 Å². The summed E-state index contributed by atoms with van der Waals surface area (Å²) >= 11 is 3.55. The molecule has 94 valence electrons. The van der Waals surface area contributed by atoms with E-state index in [1.807, 2.05) is 43.4 Å². The molecule has 18 heavy (non-hydrogen) atoms. The van der Waals surface area contributed by atoms with E-state index < -0.39 is 0 Å². The molecule has 0 saturated carbocycles. The monoisotopic (exact) mass is 305 g/mol. The minimum absolute atomic E-state index is 0.358. The standard InChI is InChI=1S/C15H16BrNO/c1-17(10-12-6-2-4-8-14(12)16)11-13-7-3-5-9-15(13)18/h2-9,18H,10-11H2,1H3. The molecule has 0 aromatic heterocycles. The molecule has 0 spiro atoms. The Bertz CT molecular complexity index is 480. The van der Waals surface area contributed by atoms with E-state index >= 15 is 0 Å². The Morgan fingerprint density at radius 1 is 0.944 bits per heavy atom. The highest BCUT2D eigenvalue weighted by atomic mass is 79.9. The molecule has 2 aromatic rings. The largest absolute Gasteiger partial charge is 0.508 e. The Kier molecular flexibility index (Phi) is 4.39. The maximum absolute atomic E-state index is 9.74. The van der Waals surface area contributed by atoms with E-state index in [1.54, 1.807) is 6.07 Å². The Morgan fingerprint density at radius 3 is 2.17 bits per heavy atom. The van der Waals surface area contributed by atoms with E-state index in [9.17, 15) is 5.11 Å². The van der Waals surface area contributed by atoms with Gasteiger partial charge in [0.2, 0.25) is 0 Å². The van der Waals surface area contributed by atoms with Crippen molar-refractivity contribution in [1.29, 1.82) is 0 Å². The van der Waals surface area contributed by atoms with Crippen LogP contribution in [0.15, 0.2) is 53.0 Å². The number of halogens is 1. The lowest BCUT2D eigenvalue weighted by Gasteiger charge is -2.18. The lowest BCUT2D eigenvalue weighted by Crippen LogP contribution is -2.17. The highest BCUT2D eigenvalue weighted by Gasteiger charge is 2.06. The first kappa shape index (κ1) is 13.1. The average Bonchev–Trinajstić information content (AvgIpc) is 2.35. The van der Waals surface area contributed by atoms with Crippen LogP contribution in [-0.4, -0.2) is 17.1 Å². The molecule has 0 unspecified atom stereocenters. The third-order valence-electron chi connectivity index (χ3n) is 2.83. The van der Waals surface area contributed by atoms with Gasteiger partial charge in [0.1, 0.15) is 5.75 Å². The average molecular weight is 306 g/mol. The van der Waals surface area contributed by atoms with Gasteiger partial charge in [0, 0.05) is 23.1 Å². The van der Waals surface area contributed by atoms with Crippen LogP contribution >= 0.6 is 15.9 Å². The molecule has 0 fully saturated rings. The van der Waals surface area contributed by atoms with Gasteiger partial charge in [-0.15, -0.1) is 0 Å². The van der Waals surface area contributed by atoms with E-state index in [1.165, 1.54) is 5.56 Å². The van der Waals surface area contributed by atoms with Crippen LogP contribution in [0.5, 0.6) is 5.75 Å². The maximum Gasteiger partial charge on any atom is 0.120 e. The topological polar surface area (TPSA) is 23.5 Å². The summed E-state index contributed by atoms with van der Waals surface area (Å²) in [4.78, 5) is 2.18. The van der Waals surface area contributed by atoms with E-state index in [2.05, 4.69) is 26.9 Å². The molecule has 3 heteroatoms. The van der Waals surface area contributed by atoms with Crippen LogP contribution in [0.2, 0.25) is 0 Å². The molecule has 0 aliphatic carbocycles. The molecular weight excluding hydrogens is 290 g/mol. The minimum atomic E-state index is 0.358. The van der Waals surface area contributed by atoms with Crippen LogP contribution in [0, 0.1) is 0 Å². The van der Waals surface area contributed by atoms with E-state index in [0.29, 0.717) is 5.75 Å². The van der Waals surface area contributed by atoms with Crippen LogP contribution in [0.25, 0.3) is 0 Å². The van der Waals surface area contributed by atoms with Crippen LogP contribution < -0.4 is 0 Å². The summed E-state index contributed by atoms with van der Waals surface area (Å²) in [6.45, 7) is 1.57. The predicted octanol–water partition coefficient (Wildman–Crippen LogP) is 3.79. The molecule has 0 amide bonds. The van der Waals surface area contributed by atoms with Gasteiger partial charge in [-0.05, 0) is 24.7 Å². The van der Waals surface area contributed by atoms with Gasteiger partial charge in [-0.3, -0.25) is 4.90 Å². The maximum atomic E-state index is 9.74. The second kappa shape index (κ2) is 6.03. The van der Waals surface area contributed by atoms with E-state index in [0.717, 1.165) is 23.1 Å². The number of rotatable bonds is 4. The third kappa shape index (κ3) is 3.34. The molecule has 0 aliphatic rings. The first-order valence-electron chi connectivity index (χ1n) is 5.85. The Labute approximate surface area is 116 Å². The van der Waals surface area contributed by atoms with Gasteiger partial charge >= 0.3 is 0 Å². The lowest BCUT2D eigenvalue weighted by molar-refractivity contribution is 0.312. The number of hydrogen-bond donors (Lipinski definition) is 1. The number of phenolic OH excluding ortho intramolecular Hbond substituents is 1. The number of para-hydroxylation sites is 1. The Balaban J connectivity index is 2.04. The quantitative estimate of drug-likeness (QED) is 0.929. The van der Waals surface area contributed by atoms with Crippen molar-refractivity contribution < 1.29 is 5.11 Å². The molecule has 0 aliphatic heterocycles. The summed E-state index contributed by atoms with van der Waals surface area (Å²) in [6.07, 6.45) is 0. The highest BCUT2D eigenvalue weighted by Crippen LogP contribution is 2.21. The van der Waals surface area contributed by atoms with E-state index in [4.69, 9.17) is 0 Å². The van der Waals surface area contributed by atoms with Gasteiger partial charge in [0.05, 0.1) is 0 Å². The Hall–Kier alpha value is -1.32. The first-order chi connectivity index (χ1) is 8.66. The van der Waals surface area contributed by atoms with Gasteiger partial charge in [0.25, 0.3) is 0 Å². The fourth-order valence-corrected chi connectivity index (χ4v) is 2.32. The fraction of sp³-hybridized carbons (Fsp3) is 0.200. The summed E-state index contributed by atoms with van der Waals surface area (Å²) in [5, 5.41) is 9.74. The van der Waals surface area contributed by atoms with Gasteiger partial charge in [-0.1, -0.05) is 52.3 Å². The van der Waals surface area contributed by atoms with Crippen LogP contribution in [0.3, 0.4) is 0 Å². The molecule has 1 N–H and O–H groups in total. The molecule has 0 bridgehead atoms. The number of phenols is 1. The highest BCUT2D eigenvalue weighted by molar-refractivity contribution is 9.10. The van der Waals surface area contributed by atoms with Crippen molar-refractivity contribution in [1.82, 2.24) is 4.90 Å². The Morgan fingerprint density at radius 2 is 1.50 bits per heavy atom. The summed E-state index contributed by atoms with van der Waals surface area (Å²) in [7, 11) is 2.05. The van der Waals surface area contributed by atoms with Gasteiger partial charge in [-0.25, -0.2) is 0 Å². The summed E-state index contributed by atoms with van der Waals surface area (Å²) in [5.41, 5.74) is 2.20. The molecule has 2 aromatic carbocycles. The van der Waals surface area contributed by atoms with Crippen LogP contribution in [0.1, 0.15) is 11.1 Å². The number of benzene rings is 2. The molecule has 2 rings (SSSR count). The molecule has 0 saturated heterocycles. The zero-order valence-electron chi connectivity index (χ0n) is 10.3. The summed E-state index contributed by atoms with van der Waals surface area (Å²) < 4.78 is 1.12. The summed E-state index contributed by atoms with van der Waals surface area (Å²) in [5.74, 6) is 0.358.